The van der Waals surface area contributed by atoms with Crippen molar-refractivity contribution in [2.24, 2.45) is 0 Å². The number of hydrogen-bond donors (Lipinski definition) is 0. The standard InChI is InChI=1S/C13H13NO4/c1-3-17-12(15)9-8-10-6-5-7-11(14-10)13(16)18-4-2/h5-7H,3-4H2,1-2H3. The Morgan fingerprint density at radius 3 is 2.61 bits per heavy atom. The van der Waals surface area contributed by atoms with E-state index in [1.807, 2.05) is 0 Å². The number of esters is 2. The molecule has 1 aromatic rings. The molecule has 0 fully saturated rings. The summed E-state index contributed by atoms with van der Waals surface area (Å²) in [4.78, 5) is 26.4. The maximum Gasteiger partial charge on any atom is 0.384 e. The van der Waals surface area contributed by atoms with Gasteiger partial charge in [-0.2, -0.15) is 0 Å². The Balaban J connectivity index is 2.82. The topological polar surface area (TPSA) is 65.5 Å². The fraction of sp³-hybridized carbons (Fsp3) is 0.308. The zero-order valence-electron chi connectivity index (χ0n) is 10.2. The monoisotopic (exact) mass is 247 g/mol. The molecule has 0 aliphatic rings. The molecule has 0 aromatic carbocycles. The molecule has 0 atom stereocenters. The second-order valence-corrected chi connectivity index (χ2v) is 3.10. The van der Waals surface area contributed by atoms with Gasteiger partial charge in [0, 0.05) is 5.92 Å². The molecule has 0 unspecified atom stereocenters. The van der Waals surface area contributed by atoms with Gasteiger partial charge < -0.3 is 9.47 Å². The van der Waals surface area contributed by atoms with Gasteiger partial charge in [0.1, 0.15) is 11.4 Å². The molecule has 5 heteroatoms. The largest absolute Gasteiger partial charge is 0.461 e. The summed E-state index contributed by atoms with van der Waals surface area (Å²) in [7, 11) is 0. The normalized spacial score (nSPS) is 9.00. The van der Waals surface area contributed by atoms with E-state index in [4.69, 9.17) is 4.74 Å². The molecule has 1 aromatic heterocycles. The van der Waals surface area contributed by atoms with Crippen LogP contribution in [0.1, 0.15) is 30.0 Å². The fourth-order valence-corrected chi connectivity index (χ4v) is 1.11. The van der Waals surface area contributed by atoms with E-state index >= 15 is 0 Å². The summed E-state index contributed by atoms with van der Waals surface area (Å²) >= 11 is 0. The Morgan fingerprint density at radius 1 is 1.22 bits per heavy atom. The first-order valence-electron chi connectivity index (χ1n) is 5.50. The van der Waals surface area contributed by atoms with Crippen LogP contribution < -0.4 is 0 Å². The smallest absolute Gasteiger partial charge is 0.384 e. The molecule has 0 saturated heterocycles. The number of aromatic nitrogens is 1. The first-order chi connectivity index (χ1) is 8.67. The van der Waals surface area contributed by atoms with Gasteiger partial charge in [0.05, 0.1) is 13.2 Å². The molecule has 0 N–H and O–H groups in total. The molecule has 0 amide bonds. The molecule has 0 bridgehead atoms. The van der Waals surface area contributed by atoms with Crippen LogP contribution in [0.5, 0.6) is 0 Å². The van der Waals surface area contributed by atoms with Crippen molar-refractivity contribution in [1.29, 1.82) is 0 Å². The van der Waals surface area contributed by atoms with Crippen LogP contribution in [0.15, 0.2) is 18.2 Å². The maximum atomic E-state index is 11.4. The molecule has 1 rings (SSSR count). The van der Waals surface area contributed by atoms with Crippen LogP contribution in [0.25, 0.3) is 0 Å². The third kappa shape index (κ3) is 4.26. The Hall–Kier alpha value is -2.35. The average Bonchev–Trinajstić information content (AvgIpc) is 2.37. The predicted octanol–water partition coefficient (Wildman–Crippen LogP) is 1.17. The van der Waals surface area contributed by atoms with Gasteiger partial charge in [-0.3, -0.25) is 0 Å². The van der Waals surface area contributed by atoms with Gasteiger partial charge in [0.2, 0.25) is 0 Å². The van der Waals surface area contributed by atoms with Gasteiger partial charge >= 0.3 is 11.9 Å². The Kier molecular flexibility index (Phi) is 5.39. The molecule has 0 saturated carbocycles. The second-order valence-electron chi connectivity index (χ2n) is 3.10. The minimum Gasteiger partial charge on any atom is -0.461 e. The summed E-state index contributed by atoms with van der Waals surface area (Å²) < 4.78 is 9.45. The zero-order chi connectivity index (χ0) is 13.4. The Bertz CT molecular complexity index is 499. The quantitative estimate of drug-likeness (QED) is 0.592. The highest BCUT2D eigenvalue weighted by Gasteiger charge is 2.07. The lowest BCUT2D eigenvalue weighted by molar-refractivity contribution is -0.136. The summed E-state index contributed by atoms with van der Waals surface area (Å²) in [6.45, 7) is 3.95. The SMILES string of the molecule is CCOC(=O)C#Cc1cccc(C(=O)OCC)n1. The molecule has 5 nitrogen and oxygen atoms in total. The minimum atomic E-state index is -0.624. The fourth-order valence-electron chi connectivity index (χ4n) is 1.11. The van der Waals surface area contributed by atoms with Crippen molar-refractivity contribution >= 4 is 11.9 Å². The summed E-state index contributed by atoms with van der Waals surface area (Å²) in [5, 5.41) is 0. The van der Waals surface area contributed by atoms with Gasteiger partial charge in [0.25, 0.3) is 0 Å². The number of nitrogens with zero attached hydrogens (tertiary/aromatic N) is 1. The van der Waals surface area contributed by atoms with Crippen molar-refractivity contribution in [1.82, 2.24) is 4.98 Å². The number of ether oxygens (including phenoxy) is 2. The summed E-state index contributed by atoms with van der Waals surface area (Å²) in [6, 6.07) is 4.73. The molecule has 0 aliphatic carbocycles. The van der Waals surface area contributed by atoms with Gasteiger partial charge in [-0.15, -0.1) is 0 Å². The van der Waals surface area contributed by atoms with E-state index in [1.54, 1.807) is 26.0 Å². The van der Waals surface area contributed by atoms with Crippen LogP contribution in [-0.2, 0) is 14.3 Å². The van der Waals surface area contributed by atoms with E-state index in [1.165, 1.54) is 6.07 Å². The first-order valence-corrected chi connectivity index (χ1v) is 5.50. The van der Waals surface area contributed by atoms with Crippen molar-refractivity contribution < 1.29 is 19.1 Å². The molecule has 0 radical (unpaired) electrons. The van der Waals surface area contributed by atoms with Crippen molar-refractivity contribution in [2.45, 2.75) is 13.8 Å². The van der Waals surface area contributed by atoms with E-state index in [9.17, 15) is 9.59 Å². The third-order valence-corrected chi connectivity index (χ3v) is 1.80. The molecular formula is C13H13NO4. The van der Waals surface area contributed by atoms with Crippen LogP contribution in [0.4, 0.5) is 0 Å². The maximum absolute atomic E-state index is 11.4. The van der Waals surface area contributed by atoms with E-state index < -0.39 is 11.9 Å². The number of pyridine rings is 1. The second kappa shape index (κ2) is 7.07. The number of carbonyl (C=O) groups is 2. The van der Waals surface area contributed by atoms with Crippen molar-refractivity contribution in [2.75, 3.05) is 13.2 Å². The minimum absolute atomic E-state index is 0.160. The molecule has 18 heavy (non-hydrogen) atoms. The molecule has 1 heterocycles. The van der Waals surface area contributed by atoms with Crippen molar-refractivity contribution in [3.63, 3.8) is 0 Å². The highest BCUT2D eigenvalue weighted by Crippen LogP contribution is 2.00. The Labute approximate surface area is 105 Å². The molecule has 0 aliphatic heterocycles. The van der Waals surface area contributed by atoms with Crippen LogP contribution >= 0.6 is 0 Å². The molecular weight excluding hydrogens is 234 g/mol. The molecule has 94 valence electrons. The van der Waals surface area contributed by atoms with Crippen molar-refractivity contribution in [3.8, 4) is 11.8 Å². The van der Waals surface area contributed by atoms with Crippen LogP contribution in [0, 0.1) is 11.8 Å². The summed E-state index contributed by atoms with van der Waals surface area (Å²) in [6.07, 6.45) is 0. The lowest BCUT2D eigenvalue weighted by Crippen LogP contribution is -2.07. The summed E-state index contributed by atoms with van der Waals surface area (Å²) in [5.41, 5.74) is 0.473. The first kappa shape index (κ1) is 13.7. The third-order valence-electron chi connectivity index (χ3n) is 1.80. The number of hydrogen-bond acceptors (Lipinski definition) is 5. The van der Waals surface area contributed by atoms with Crippen LogP contribution in [0.3, 0.4) is 0 Å². The van der Waals surface area contributed by atoms with Crippen molar-refractivity contribution in [3.05, 3.63) is 29.6 Å². The van der Waals surface area contributed by atoms with Gasteiger partial charge in [-0.1, -0.05) is 6.07 Å². The number of rotatable bonds is 3. The Morgan fingerprint density at radius 2 is 1.94 bits per heavy atom. The predicted molar refractivity (Wildman–Crippen MR) is 63.7 cm³/mol. The molecule has 0 spiro atoms. The zero-order valence-corrected chi connectivity index (χ0v) is 10.2. The lowest BCUT2D eigenvalue weighted by atomic mass is 10.3. The van der Waals surface area contributed by atoms with E-state index in [-0.39, 0.29) is 18.9 Å². The van der Waals surface area contributed by atoms with E-state index in [0.29, 0.717) is 5.69 Å². The van der Waals surface area contributed by atoms with Gasteiger partial charge in [0.15, 0.2) is 0 Å². The van der Waals surface area contributed by atoms with E-state index in [0.717, 1.165) is 0 Å². The lowest BCUT2D eigenvalue weighted by Gasteiger charge is -2.00. The van der Waals surface area contributed by atoms with E-state index in [2.05, 4.69) is 21.6 Å². The highest BCUT2D eigenvalue weighted by molar-refractivity contribution is 5.89. The van der Waals surface area contributed by atoms with Crippen LogP contribution in [0.2, 0.25) is 0 Å². The van der Waals surface area contributed by atoms with Crippen LogP contribution in [-0.4, -0.2) is 30.1 Å². The van der Waals surface area contributed by atoms with Gasteiger partial charge in [-0.25, -0.2) is 14.6 Å². The van der Waals surface area contributed by atoms with Gasteiger partial charge in [-0.05, 0) is 31.9 Å². The average molecular weight is 247 g/mol. The highest BCUT2D eigenvalue weighted by atomic mass is 16.5. The summed E-state index contributed by atoms with van der Waals surface area (Å²) in [5.74, 6) is 3.65. The number of carbonyl (C=O) groups excluding carboxylic acids is 2.